The molecule has 0 fully saturated rings. The first-order chi connectivity index (χ1) is 17.4. The molecule has 1 heterocycles. The first-order valence-electron chi connectivity index (χ1n) is 11.6. The number of carboxylic acids is 1. The zero-order valence-corrected chi connectivity index (χ0v) is 19.5. The number of carbonyl (C=O) groups excluding carboxylic acids is 2. The summed E-state index contributed by atoms with van der Waals surface area (Å²) in [4.78, 5) is 44.6. The fraction of sp³-hybridized carbons (Fsp3) is 0.185. The van der Waals surface area contributed by atoms with E-state index in [1.54, 1.807) is 18.2 Å². The Hall–Kier alpha value is -4.50. The molecule has 2 amide bonds. The van der Waals surface area contributed by atoms with Gasteiger partial charge in [0, 0.05) is 24.2 Å². The second-order valence-electron chi connectivity index (χ2n) is 8.37. The van der Waals surface area contributed by atoms with Gasteiger partial charge in [0.25, 0.3) is 5.91 Å². The summed E-state index contributed by atoms with van der Waals surface area (Å²) in [6.45, 7) is 0.775. The number of nitrogens with two attached hydrogens (primary N) is 1. The van der Waals surface area contributed by atoms with Gasteiger partial charge in [0.15, 0.2) is 0 Å². The molecule has 9 heteroatoms. The molecule has 0 aliphatic rings. The molecule has 0 aliphatic heterocycles. The van der Waals surface area contributed by atoms with Crippen molar-refractivity contribution in [2.45, 2.75) is 25.4 Å². The Kier molecular flexibility index (Phi) is 7.72. The van der Waals surface area contributed by atoms with Gasteiger partial charge in [-0.15, -0.1) is 0 Å². The van der Waals surface area contributed by atoms with E-state index in [0.29, 0.717) is 36.4 Å². The van der Waals surface area contributed by atoms with Gasteiger partial charge in [0.1, 0.15) is 11.9 Å². The van der Waals surface area contributed by atoms with Gasteiger partial charge in [-0.1, -0.05) is 54.6 Å². The number of carbonyl (C=O) groups is 3. The van der Waals surface area contributed by atoms with E-state index in [-0.39, 0.29) is 5.56 Å². The third kappa shape index (κ3) is 6.13. The van der Waals surface area contributed by atoms with Crippen LogP contribution in [0.2, 0.25) is 0 Å². The average Bonchev–Trinajstić information content (AvgIpc) is 3.32. The van der Waals surface area contributed by atoms with Crippen LogP contribution in [0.5, 0.6) is 0 Å². The van der Waals surface area contributed by atoms with Crippen molar-refractivity contribution in [2.24, 2.45) is 5.73 Å². The minimum absolute atomic E-state index is 0.281. The summed E-state index contributed by atoms with van der Waals surface area (Å²) in [5.74, 6) is -1.64. The van der Waals surface area contributed by atoms with E-state index in [4.69, 9.17) is 5.73 Å². The molecule has 0 radical (unpaired) electrons. The predicted octanol–water partition coefficient (Wildman–Crippen LogP) is 2.62. The van der Waals surface area contributed by atoms with Crippen LogP contribution in [0.1, 0.15) is 27.9 Å². The van der Waals surface area contributed by atoms with Crippen LogP contribution >= 0.6 is 0 Å². The van der Waals surface area contributed by atoms with Gasteiger partial charge in [0.2, 0.25) is 5.91 Å². The van der Waals surface area contributed by atoms with Crippen LogP contribution in [-0.4, -0.2) is 45.4 Å². The first-order valence-corrected chi connectivity index (χ1v) is 11.6. The molecule has 0 saturated heterocycles. The van der Waals surface area contributed by atoms with Crippen molar-refractivity contribution in [3.63, 3.8) is 0 Å². The van der Waals surface area contributed by atoms with Crippen LogP contribution in [0.15, 0.2) is 72.8 Å². The topological polar surface area (TPSA) is 150 Å². The second kappa shape index (κ2) is 11.3. The molecule has 9 nitrogen and oxygen atoms in total. The second-order valence-corrected chi connectivity index (χ2v) is 8.37. The zero-order valence-electron chi connectivity index (χ0n) is 19.5. The average molecular weight is 486 g/mol. The first kappa shape index (κ1) is 24.6. The fourth-order valence-corrected chi connectivity index (χ4v) is 3.81. The van der Waals surface area contributed by atoms with E-state index in [0.717, 1.165) is 16.7 Å². The Morgan fingerprint density at radius 3 is 2.42 bits per heavy atom. The summed E-state index contributed by atoms with van der Waals surface area (Å²) in [7, 11) is 0. The Morgan fingerprint density at radius 2 is 1.72 bits per heavy atom. The van der Waals surface area contributed by atoms with Crippen LogP contribution < -0.4 is 16.4 Å². The highest BCUT2D eigenvalue weighted by Gasteiger charge is 2.24. The summed E-state index contributed by atoms with van der Waals surface area (Å²) < 4.78 is 0. The summed E-state index contributed by atoms with van der Waals surface area (Å²) in [6, 6.07) is 21.0. The highest BCUT2D eigenvalue weighted by atomic mass is 16.4. The number of aliphatic carboxylic acids is 1. The quantitative estimate of drug-likeness (QED) is 0.233. The fourth-order valence-electron chi connectivity index (χ4n) is 3.81. The number of nitrogens with one attached hydrogen (secondary N) is 3. The number of fused-ring (bicyclic) bond motifs is 1. The lowest BCUT2D eigenvalue weighted by atomic mass is 10.1. The number of nitrogens with zero attached hydrogens (tertiary/aromatic N) is 1. The van der Waals surface area contributed by atoms with E-state index in [2.05, 4.69) is 20.6 Å². The third-order valence-corrected chi connectivity index (χ3v) is 5.76. The van der Waals surface area contributed by atoms with Crippen LogP contribution in [0.4, 0.5) is 0 Å². The number of benzene rings is 3. The van der Waals surface area contributed by atoms with Gasteiger partial charge in [0.05, 0.1) is 17.5 Å². The molecule has 184 valence electrons. The molecule has 36 heavy (non-hydrogen) atoms. The standard InChI is InChI=1S/C27H27N5O4/c28-16-18-6-8-19(9-7-18)25-30-21-11-10-20(14-22(21)31-25)26(35)32-23(15-24(33)34)27(36)29-13-12-17-4-2-1-3-5-17/h1-11,14,23H,12-13,15-16,28H2,(H,29,36)(H,30,31)(H,32,35)(H,33,34)/t23-/m0/s1. The molecule has 0 spiro atoms. The van der Waals surface area contributed by atoms with Gasteiger partial charge in [-0.05, 0) is 35.7 Å². The number of aromatic nitrogens is 2. The number of hydrogen-bond donors (Lipinski definition) is 5. The summed E-state index contributed by atoms with van der Waals surface area (Å²) in [5.41, 5.74) is 10.2. The van der Waals surface area contributed by atoms with E-state index >= 15 is 0 Å². The summed E-state index contributed by atoms with van der Waals surface area (Å²) in [5, 5.41) is 14.5. The largest absolute Gasteiger partial charge is 0.481 e. The number of aromatic amines is 1. The van der Waals surface area contributed by atoms with Crippen molar-refractivity contribution in [3.8, 4) is 11.4 Å². The molecule has 0 bridgehead atoms. The minimum atomic E-state index is -1.21. The molecule has 4 aromatic rings. The Morgan fingerprint density at radius 1 is 0.972 bits per heavy atom. The molecule has 0 aliphatic carbocycles. The number of amides is 2. The molecular weight excluding hydrogens is 458 g/mol. The van der Waals surface area contributed by atoms with Crippen LogP contribution in [0, 0.1) is 0 Å². The highest BCUT2D eigenvalue weighted by molar-refractivity contribution is 6.00. The van der Waals surface area contributed by atoms with Crippen LogP contribution in [0.25, 0.3) is 22.4 Å². The molecular formula is C27H27N5O4. The normalized spacial score (nSPS) is 11.7. The molecule has 3 aromatic carbocycles. The summed E-state index contributed by atoms with van der Waals surface area (Å²) >= 11 is 0. The van der Waals surface area contributed by atoms with Gasteiger partial charge in [-0.25, -0.2) is 4.98 Å². The number of imidazole rings is 1. The van der Waals surface area contributed by atoms with Crippen LogP contribution in [-0.2, 0) is 22.6 Å². The van der Waals surface area contributed by atoms with Crippen molar-refractivity contribution in [3.05, 3.63) is 89.5 Å². The number of H-pyrrole nitrogens is 1. The molecule has 0 saturated carbocycles. The number of rotatable bonds is 10. The maximum atomic E-state index is 12.9. The van der Waals surface area contributed by atoms with E-state index in [1.807, 2.05) is 54.6 Å². The maximum Gasteiger partial charge on any atom is 0.305 e. The number of hydrogen-bond acceptors (Lipinski definition) is 5. The molecule has 1 aromatic heterocycles. The lowest BCUT2D eigenvalue weighted by Crippen LogP contribution is -2.48. The van der Waals surface area contributed by atoms with Gasteiger partial charge in [-0.3, -0.25) is 14.4 Å². The Labute approximate surface area is 207 Å². The van der Waals surface area contributed by atoms with E-state index < -0.39 is 30.2 Å². The Balaban J connectivity index is 1.44. The predicted molar refractivity (Wildman–Crippen MR) is 136 cm³/mol. The lowest BCUT2D eigenvalue weighted by molar-refractivity contribution is -0.139. The smallest absolute Gasteiger partial charge is 0.305 e. The number of carboxylic acid groups (broad SMARTS) is 1. The summed E-state index contributed by atoms with van der Waals surface area (Å²) in [6.07, 6.45) is 0.0618. The van der Waals surface area contributed by atoms with Crippen molar-refractivity contribution in [2.75, 3.05) is 6.54 Å². The van der Waals surface area contributed by atoms with E-state index in [1.165, 1.54) is 0 Å². The maximum absolute atomic E-state index is 12.9. The van der Waals surface area contributed by atoms with Crippen LogP contribution in [0.3, 0.4) is 0 Å². The van der Waals surface area contributed by atoms with Crippen molar-refractivity contribution in [1.82, 2.24) is 20.6 Å². The zero-order chi connectivity index (χ0) is 25.5. The SMILES string of the molecule is NCc1ccc(-c2nc3ccc(C(=O)N[C@@H](CC(=O)O)C(=O)NCCc4ccccc4)cc3[nH]2)cc1. The van der Waals surface area contributed by atoms with Gasteiger partial charge in [-0.2, -0.15) is 0 Å². The third-order valence-electron chi connectivity index (χ3n) is 5.76. The van der Waals surface area contributed by atoms with Gasteiger partial charge < -0.3 is 26.5 Å². The van der Waals surface area contributed by atoms with Crippen molar-refractivity contribution >= 4 is 28.8 Å². The molecule has 0 unspecified atom stereocenters. The lowest BCUT2D eigenvalue weighted by Gasteiger charge is -2.17. The monoisotopic (exact) mass is 485 g/mol. The minimum Gasteiger partial charge on any atom is -0.481 e. The molecule has 1 atom stereocenters. The highest BCUT2D eigenvalue weighted by Crippen LogP contribution is 2.22. The van der Waals surface area contributed by atoms with E-state index in [9.17, 15) is 19.5 Å². The van der Waals surface area contributed by atoms with Gasteiger partial charge >= 0.3 is 5.97 Å². The molecule has 6 N–H and O–H groups in total. The van der Waals surface area contributed by atoms with Crippen molar-refractivity contribution < 1.29 is 19.5 Å². The molecule has 4 rings (SSSR count). The van der Waals surface area contributed by atoms with Crippen molar-refractivity contribution in [1.29, 1.82) is 0 Å². The Bertz CT molecular complexity index is 1370.